The molecule has 2 aromatic carbocycles. The predicted octanol–water partition coefficient (Wildman–Crippen LogP) is 5.90. The molecule has 0 N–H and O–H groups in total. The van der Waals surface area contributed by atoms with Crippen molar-refractivity contribution >= 4 is 22.6 Å². The molecule has 0 unspecified atom stereocenters. The zero-order chi connectivity index (χ0) is 19.6. The number of aromatic nitrogens is 1. The minimum absolute atomic E-state index is 0.480. The fourth-order valence-electron chi connectivity index (χ4n) is 2.92. The Hall–Kier alpha value is -2.80. The van der Waals surface area contributed by atoms with E-state index in [0.29, 0.717) is 18.8 Å². The lowest BCUT2D eigenvalue weighted by Crippen LogP contribution is -2.31. The van der Waals surface area contributed by atoms with Gasteiger partial charge in [-0.25, -0.2) is 9.98 Å². The summed E-state index contributed by atoms with van der Waals surface area (Å²) in [6, 6.07) is 18.8. The number of hydrogen-bond acceptors (Lipinski definition) is 3. The largest absolute Gasteiger partial charge is 0.416 e. The van der Waals surface area contributed by atoms with E-state index < -0.39 is 11.7 Å². The molecule has 1 aromatic heterocycles. The molecule has 3 nitrogen and oxygen atoms in total. The van der Waals surface area contributed by atoms with Crippen molar-refractivity contribution in [3.63, 3.8) is 0 Å². The Balaban J connectivity index is 1.66. The van der Waals surface area contributed by atoms with Crippen LogP contribution in [0, 0.1) is 0 Å². The topological polar surface area (TPSA) is 28.5 Å². The van der Waals surface area contributed by atoms with E-state index in [0.717, 1.165) is 33.5 Å². The van der Waals surface area contributed by atoms with Gasteiger partial charge >= 0.3 is 6.18 Å². The van der Waals surface area contributed by atoms with Crippen molar-refractivity contribution < 1.29 is 13.2 Å². The molecule has 3 aromatic rings. The Kier molecular flexibility index (Phi) is 5.09. The molecule has 0 bridgehead atoms. The highest BCUT2D eigenvalue weighted by molar-refractivity contribution is 8.13. The van der Waals surface area contributed by atoms with Crippen molar-refractivity contribution in [3.8, 4) is 0 Å². The van der Waals surface area contributed by atoms with Crippen LogP contribution in [0.25, 0.3) is 0 Å². The molecule has 0 fully saturated rings. The first-order valence-electron chi connectivity index (χ1n) is 8.65. The van der Waals surface area contributed by atoms with Gasteiger partial charge in [0.1, 0.15) is 5.03 Å². The number of pyridine rings is 1. The van der Waals surface area contributed by atoms with Crippen molar-refractivity contribution in [3.05, 3.63) is 89.6 Å². The summed E-state index contributed by atoms with van der Waals surface area (Å²) >= 11 is 1.43. The van der Waals surface area contributed by atoms with Crippen LogP contribution in [0.1, 0.15) is 16.7 Å². The summed E-state index contributed by atoms with van der Waals surface area (Å²) < 4.78 is 38.4. The zero-order valence-electron chi connectivity index (χ0n) is 14.7. The van der Waals surface area contributed by atoms with Gasteiger partial charge in [-0.3, -0.25) is 0 Å². The Morgan fingerprint density at radius 1 is 0.964 bits per heavy atom. The third kappa shape index (κ3) is 4.20. The summed E-state index contributed by atoms with van der Waals surface area (Å²) in [6.07, 6.45) is -2.62. The minimum Gasteiger partial charge on any atom is -0.342 e. The van der Waals surface area contributed by atoms with Crippen LogP contribution < -0.4 is 0 Å². The van der Waals surface area contributed by atoms with E-state index in [2.05, 4.69) is 14.9 Å². The minimum atomic E-state index is -4.35. The van der Waals surface area contributed by atoms with Crippen LogP contribution in [0.15, 0.2) is 82.9 Å². The van der Waals surface area contributed by atoms with E-state index in [-0.39, 0.29) is 0 Å². The summed E-state index contributed by atoms with van der Waals surface area (Å²) in [6.45, 7) is 1.30. The molecular weight excluding hydrogens is 383 g/mol. The van der Waals surface area contributed by atoms with Gasteiger partial charge in [-0.1, -0.05) is 36.4 Å². The maximum absolute atomic E-state index is 12.8. The van der Waals surface area contributed by atoms with Gasteiger partial charge in [0.25, 0.3) is 0 Å². The lowest BCUT2D eigenvalue weighted by atomic mass is 10.2. The molecule has 0 atom stereocenters. The number of nitrogens with zero attached hydrogens (tertiary/aromatic N) is 3. The van der Waals surface area contributed by atoms with Crippen molar-refractivity contribution in [1.29, 1.82) is 0 Å². The molecule has 0 radical (unpaired) electrons. The Morgan fingerprint density at radius 3 is 2.43 bits per heavy atom. The first kappa shape index (κ1) is 18.6. The second kappa shape index (κ2) is 7.67. The van der Waals surface area contributed by atoms with Crippen molar-refractivity contribution in [2.24, 2.45) is 4.99 Å². The van der Waals surface area contributed by atoms with Gasteiger partial charge in [-0.2, -0.15) is 13.2 Å². The van der Waals surface area contributed by atoms with Crippen LogP contribution in [0.4, 0.5) is 18.9 Å². The molecule has 4 rings (SSSR count). The standard InChI is InChI=1S/C21H16F3N3S/c22-21(23,24)17-8-10-18(11-9-17)26-20-27(13-15-5-2-1-3-6-15)14-16-7-4-12-25-19(16)28-20/h1-12H,13-14H2. The number of thioether (sulfide) groups is 1. The lowest BCUT2D eigenvalue weighted by molar-refractivity contribution is -0.137. The van der Waals surface area contributed by atoms with Crippen LogP contribution in [0.5, 0.6) is 0 Å². The van der Waals surface area contributed by atoms with Gasteiger partial charge in [0.05, 0.1) is 11.3 Å². The zero-order valence-corrected chi connectivity index (χ0v) is 15.5. The van der Waals surface area contributed by atoms with Gasteiger partial charge < -0.3 is 4.90 Å². The maximum Gasteiger partial charge on any atom is 0.416 e. The second-order valence-corrected chi connectivity index (χ2v) is 7.31. The molecular formula is C21H16F3N3S. The summed E-state index contributed by atoms with van der Waals surface area (Å²) in [5.74, 6) is 0. The fourth-order valence-corrected chi connectivity index (χ4v) is 3.88. The molecule has 0 spiro atoms. The molecule has 0 saturated heterocycles. The Labute approximate surface area is 164 Å². The summed E-state index contributed by atoms with van der Waals surface area (Å²) in [4.78, 5) is 11.1. The number of rotatable bonds is 3. The summed E-state index contributed by atoms with van der Waals surface area (Å²) in [7, 11) is 0. The first-order valence-corrected chi connectivity index (χ1v) is 9.47. The number of amidine groups is 1. The average molecular weight is 399 g/mol. The maximum atomic E-state index is 12.8. The third-order valence-electron chi connectivity index (χ3n) is 4.31. The van der Waals surface area contributed by atoms with E-state index in [9.17, 15) is 13.2 Å². The fraction of sp³-hybridized carbons (Fsp3) is 0.143. The second-order valence-electron chi connectivity index (χ2n) is 6.35. The predicted molar refractivity (Wildman–Crippen MR) is 104 cm³/mol. The van der Waals surface area contributed by atoms with Crippen LogP contribution in [-0.2, 0) is 19.3 Å². The van der Waals surface area contributed by atoms with Gasteiger partial charge in [0.15, 0.2) is 5.17 Å². The van der Waals surface area contributed by atoms with Crippen molar-refractivity contribution in [2.75, 3.05) is 0 Å². The van der Waals surface area contributed by atoms with Crippen LogP contribution >= 0.6 is 11.8 Å². The summed E-state index contributed by atoms with van der Waals surface area (Å²) in [5, 5.41) is 1.59. The average Bonchev–Trinajstić information content (AvgIpc) is 2.69. The molecule has 0 aliphatic carbocycles. The molecule has 142 valence electrons. The molecule has 28 heavy (non-hydrogen) atoms. The number of fused-ring (bicyclic) bond motifs is 1. The van der Waals surface area contributed by atoms with Gasteiger partial charge in [-0.15, -0.1) is 0 Å². The van der Waals surface area contributed by atoms with E-state index >= 15 is 0 Å². The van der Waals surface area contributed by atoms with Crippen LogP contribution in [0.3, 0.4) is 0 Å². The number of alkyl halides is 3. The first-order chi connectivity index (χ1) is 13.5. The Morgan fingerprint density at radius 2 is 1.71 bits per heavy atom. The van der Waals surface area contributed by atoms with Crippen molar-refractivity contribution in [2.45, 2.75) is 24.3 Å². The quantitative estimate of drug-likeness (QED) is 0.549. The van der Waals surface area contributed by atoms with Crippen LogP contribution in [0.2, 0.25) is 0 Å². The number of aliphatic imine (C=N–C) groups is 1. The summed E-state index contributed by atoms with van der Waals surface area (Å²) in [5.41, 5.74) is 2.04. The number of halogens is 3. The molecule has 7 heteroatoms. The highest BCUT2D eigenvalue weighted by Crippen LogP contribution is 2.34. The molecule has 1 aliphatic rings. The molecule has 0 amide bonds. The lowest BCUT2D eigenvalue weighted by Gasteiger charge is -2.30. The number of hydrogen-bond donors (Lipinski definition) is 0. The Bertz CT molecular complexity index is 986. The van der Waals surface area contributed by atoms with Crippen LogP contribution in [-0.4, -0.2) is 15.1 Å². The monoisotopic (exact) mass is 399 g/mol. The highest BCUT2D eigenvalue weighted by atomic mass is 32.2. The van der Waals surface area contributed by atoms with E-state index in [1.54, 1.807) is 6.20 Å². The SMILES string of the molecule is FC(F)(F)c1ccc(N=C2Sc3ncccc3CN2Cc2ccccc2)cc1. The van der Waals surface area contributed by atoms with Gasteiger partial charge in [-0.05, 0) is 47.7 Å². The van der Waals surface area contributed by atoms with E-state index in [1.165, 1.54) is 23.9 Å². The highest BCUT2D eigenvalue weighted by Gasteiger charge is 2.30. The number of benzene rings is 2. The smallest absolute Gasteiger partial charge is 0.342 e. The van der Waals surface area contributed by atoms with E-state index in [1.807, 2.05) is 42.5 Å². The van der Waals surface area contributed by atoms with Crippen molar-refractivity contribution in [1.82, 2.24) is 9.88 Å². The molecule has 2 heterocycles. The molecule has 1 aliphatic heterocycles. The third-order valence-corrected chi connectivity index (χ3v) is 5.40. The van der Waals surface area contributed by atoms with Gasteiger partial charge in [0, 0.05) is 24.8 Å². The van der Waals surface area contributed by atoms with E-state index in [4.69, 9.17) is 0 Å². The normalized spacial score (nSPS) is 15.5. The molecule has 0 saturated carbocycles. The van der Waals surface area contributed by atoms with Gasteiger partial charge in [0.2, 0.25) is 0 Å².